The van der Waals surface area contributed by atoms with Crippen LogP contribution in [0.15, 0.2) is 22.7 Å². The van der Waals surface area contributed by atoms with Crippen molar-refractivity contribution in [1.82, 2.24) is 0 Å². The van der Waals surface area contributed by atoms with Crippen LogP contribution in [0.5, 0.6) is 5.75 Å². The number of halogens is 5. The summed E-state index contributed by atoms with van der Waals surface area (Å²) in [6.45, 7) is -1.32. The summed E-state index contributed by atoms with van der Waals surface area (Å²) in [5.74, 6) is 0.596. The molecule has 0 N–H and O–H groups in total. The van der Waals surface area contributed by atoms with E-state index in [4.69, 9.17) is 16.3 Å². The van der Waals surface area contributed by atoms with E-state index in [0.29, 0.717) is 11.3 Å². The van der Waals surface area contributed by atoms with E-state index in [1.54, 1.807) is 18.2 Å². The predicted molar refractivity (Wildman–Crippen MR) is 70.8 cm³/mol. The van der Waals surface area contributed by atoms with Crippen molar-refractivity contribution in [1.29, 1.82) is 0 Å². The summed E-state index contributed by atoms with van der Waals surface area (Å²) in [4.78, 5) is 0. The van der Waals surface area contributed by atoms with Crippen molar-refractivity contribution < 1.29 is 22.6 Å². The number of hydrogen-bond acceptors (Lipinski definition) is 2. The average molecular weight is 362 g/mol. The van der Waals surface area contributed by atoms with Gasteiger partial charge in [0.05, 0.1) is 12.5 Å². The highest BCUT2D eigenvalue weighted by atomic mass is 79.9. The molecule has 0 saturated heterocycles. The van der Waals surface area contributed by atoms with Gasteiger partial charge in [-0.05, 0) is 24.6 Å². The quantitative estimate of drug-likeness (QED) is 0.540. The molecule has 0 bridgehead atoms. The van der Waals surface area contributed by atoms with Crippen LogP contribution >= 0.6 is 27.5 Å². The molecule has 0 aliphatic rings. The molecule has 1 atom stereocenters. The third-order valence-corrected chi connectivity index (χ3v) is 3.26. The third kappa shape index (κ3) is 6.01. The molecule has 1 unspecified atom stereocenters. The number of hydrogen-bond donors (Lipinski definition) is 0. The lowest BCUT2D eigenvalue weighted by molar-refractivity contribution is -0.174. The highest BCUT2D eigenvalue weighted by Gasteiger charge is 2.27. The molecule has 2 nitrogen and oxygen atoms in total. The lowest BCUT2D eigenvalue weighted by Crippen LogP contribution is -2.17. The Morgan fingerprint density at radius 3 is 2.63 bits per heavy atom. The van der Waals surface area contributed by atoms with Gasteiger partial charge >= 0.3 is 6.18 Å². The summed E-state index contributed by atoms with van der Waals surface area (Å²) in [5.41, 5.74) is 0.717. The second-order valence-electron chi connectivity index (χ2n) is 3.81. The van der Waals surface area contributed by atoms with E-state index < -0.39 is 18.2 Å². The minimum Gasteiger partial charge on any atom is -0.496 e. The van der Waals surface area contributed by atoms with Crippen LogP contribution in [0.1, 0.15) is 17.4 Å². The summed E-state index contributed by atoms with van der Waals surface area (Å²) in [5, 5.41) is -0.472. The molecule has 7 heteroatoms. The summed E-state index contributed by atoms with van der Waals surface area (Å²) >= 11 is 9.46. The van der Waals surface area contributed by atoms with Gasteiger partial charge in [0.2, 0.25) is 0 Å². The molecule has 0 aliphatic carbocycles. The van der Waals surface area contributed by atoms with E-state index in [1.165, 1.54) is 7.11 Å². The molecule has 1 aromatic carbocycles. The average Bonchev–Trinajstić information content (AvgIpc) is 2.33. The first-order valence-corrected chi connectivity index (χ1v) is 6.68. The van der Waals surface area contributed by atoms with Crippen LogP contribution in [0.2, 0.25) is 0 Å². The maximum atomic E-state index is 11.9. The van der Waals surface area contributed by atoms with E-state index in [0.717, 1.165) is 4.47 Å². The van der Waals surface area contributed by atoms with Gasteiger partial charge in [-0.1, -0.05) is 15.9 Å². The normalized spacial score (nSPS) is 13.4. The van der Waals surface area contributed by atoms with Gasteiger partial charge in [0, 0.05) is 16.6 Å². The van der Waals surface area contributed by atoms with Gasteiger partial charge in [0.25, 0.3) is 0 Å². The monoisotopic (exact) mass is 360 g/mol. The van der Waals surface area contributed by atoms with Crippen LogP contribution in [0.3, 0.4) is 0 Å². The van der Waals surface area contributed by atoms with E-state index in [-0.39, 0.29) is 13.0 Å². The molecule has 1 rings (SSSR count). The topological polar surface area (TPSA) is 18.5 Å². The lowest BCUT2D eigenvalue weighted by Gasteiger charge is -2.15. The number of rotatable bonds is 6. The van der Waals surface area contributed by atoms with Crippen molar-refractivity contribution in [3.05, 3.63) is 28.2 Å². The maximum Gasteiger partial charge on any atom is 0.411 e. The van der Waals surface area contributed by atoms with Crippen molar-refractivity contribution in [2.75, 3.05) is 20.3 Å². The summed E-state index contributed by atoms with van der Waals surface area (Å²) in [6.07, 6.45) is -4.04. The van der Waals surface area contributed by atoms with Crippen LogP contribution in [-0.2, 0) is 4.74 Å². The SMILES string of the molecule is COc1ccc(Br)cc1C(Cl)CCOCC(F)(F)F. The smallest absolute Gasteiger partial charge is 0.411 e. The Morgan fingerprint density at radius 2 is 2.05 bits per heavy atom. The molecule has 19 heavy (non-hydrogen) atoms. The van der Waals surface area contributed by atoms with E-state index in [1.807, 2.05) is 0 Å². The van der Waals surface area contributed by atoms with Crippen molar-refractivity contribution in [2.45, 2.75) is 18.0 Å². The zero-order valence-electron chi connectivity index (χ0n) is 10.1. The molecular formula is C12H13BrClF3O2. The number of methoxy groups -OCH3 is 1. The van der Waals surface area contributed by atoms with Gasteiger partial charge in [-0.15, -0.1) is 11.6 Å². The molecule has 0 aromatic heterocycles. The van der Waals surface area contributed by atoms with E-state index in [9.17, 15) is 13.2 Å². The van der Waals surface area contributed by atoms with Gasteiger partial charge in [-0.25, -0.2) is 0 Å². The zero-order chi connectivity index (χ0) is 14.5. The standard InChI is InChI=1S/C12H13BrClF3O2/c1-18-11-3-2-8(13)6-9(11)10(14)4-5-19-7-12(15,16)17/h2-3,6,10H,4-5,7H2,1H3. The zero-order valence-corrected chi connectivity index (χ0v) is 12.5. The van der Waals surface area contributed by atoms with Crippen LogP contribution < -0.4 is 4.74 Å². The summed E-state index contributed by atoms with van der Waals surface area (Å²) < 4.78 is 46.2. The van der Waals surface area contributed by atoms with Gasteiger partial charge in [-0.2, -0.15) is 13.2 Å². The first-order chi connectivity index (χ1) is 8.83. The van der Waals surface area contributed by atoms with Crippen molar-refractivity contribution >= 4 is 27.5 Å². The fraction of sp³-hybridized carbons (Fsp3) is 0.500. The van der Waals surface area contributed by atoms with Gasteiger partial charge in [0.1, 0.15) is 12.4 Å². The molecule has 0 saturated carbocycles. The Bertz CT molecular complexity index is 412. The summed E-state index contributed by atoms with van der Waals surface area (Å²) in [7, 11) is 1.51. The molecular weight excluding hydrogens is 348 g/mol. The van der Waals surface area contributed by atoms with Crippen LogP contribution in [0.4, 0.5) is 13.2 Å². The summed E-state index contributed by atoms with van der Waals surface area (Å²) in [6, 6.07) is 5.32. The van der Waals surface area contributed by atoms with Crippen LogP contribution in [0, 0.1) is 0 Å². The molecule has 0 amide bonds. The van der Waals surface area contributed by atoms with Crippen molar-refractivity contribution in [3.63, 3.8) is 0 Å². The molecule has 0 spiro atoms. The Labute approximate surface area is 123 Å². The second kappa shape index (κ2) is 7.36. The third-order valence-electron chi connectivity index (χ3n) is 2.31. The molecule has 0 fully saturated rings. The number of ether oxygens (including phenoxy) is 2. The van der Waals surface area contributed by atoms with E-state index in [2.05, 4.69) is 20.7 Å². The molecule has 0 aliphatic heterocycles. The van der Waals surface area contributed by atoms with Crippen LogP contribution in [-0.4, -0.2) is 26.5 Å². The van der Waals surface area contributed by atoms with Crippen LogP contribution in [0.25, 0.3) is 0 Å². The highest BCUT2D eigenvalue weighted by Crippen LogP contribution is 2.34. The minimum atomic E-state index is -4.31. The van der Waals surface area contributed by atoms with E-state index >= 15 is 0 Å². The highest BCUT2D eigenvalue weighted by molar-refractivity contribution is 9.10. The van der Waals surface area contributed by atoms with Gasteiger partial charge < -0.3 is 9.47 Å². The Balaban J connectivity index is 2.53. The first-order valence-electron chi connectivity index (χ1n) is 5.45. The molecule has 0 radical (unpaired) electrons. The Hall–Kier alpha value is -0.460. The van der Waals surface area contributed by atoms with Gasteiger partial charge in [-0.3, -0.25) is 0 Å². The van der Waals surface area contributed by atoms with Gasteiger partial charge in [0.15, 0.2) is 0 Å². The molecule has 0 heterocycles. The Morgan fingerprint density at radius 1 is 1.37 bits per heavy atom. The maximum absolute atomic E-state index is 11.9. The number of alkyl halides is 4. The first kappa shape index (κ1) is 16.6. The fourth-order valence-electron chi connectivity index (χ4n) is 1.48. The van der Waals surface area contributed by atoms with Crippen molar-refractivity contribution in [2.24, 2.45) is 0 Å². The largest absolute Gasteiger partial charge is 0.496 e. The second-order valence-corrected chi connectivity index (χ2v) is 5.25. The predicted octanol–water partition coefficient (Wildman–Crippen LogP) is 4.71. The molecule has 108 valence electrons. The fourth-order valence-corrected chi connectivity index (χ4v) is 2.12. The minimum absolute atomic E-state index is 0.0661. The molecule has 1 aromatic rings. The number of benzene rings is 1. The van der Waals surface area contributed by atoms with Crippen molar-refractivity contribution in [3.8, 4) is 5.75 Å². The Kier molecular flexibility index (Phi) is 6.42. The lowest BCUT2D eigenvalue weighted by atomic mass is 10.1.